The van der Waals surface area contributed by atoms with Gasteiger partial charge in [-0.15, -0.1) is 0 Å². The van der Waals surface area contributed by atoms with Crippen LogP contribution < -0.4 is 5.73 Å². The number of hydrogen-bond donors (Lipinski definition) is 1. The Hall–Kier alpha value is -0.900. The van der Waals surface area contributed by atoms with Crippen molar-refractivity contribution >= 4 is 0 Å². The minimum Gasteiger partial charge on any atom is -0.381 e. The monoisotopic (exact) mass is 249 g/mol. The predicted octanol–water partition coefficient (Wildman–Crippen LogP) is 2.44. The van der Waals surface area contributed by atoms with Gasteiger partial charge in [0.15, 0.2) is 0 Å². The molecule has 1 aliphatic rings. The van der Waals surface area contributed by atoms with Crippen LogP contribution in [0.15, 0.2) is 24.3 Å². The van der Waals surface area contributed by atoms with Crippen LogP contribution in [0.25, 0.3) is 0 Å². The Kier molecular flexibility index (Phi) is 5.17. The van der Waals surface area contributed by atoms with Crippen LogP contribution in [-0.2, 0) is 16.1 Å². The van der Waals surface area contributed by atoms with Crippen LogP contribution in [0.5, 0.6) is 0 Å². The van der Waals surface area contributed by atoms with Crippen molar-refractivity contribution in [1.29, 1.82) is 0 Å². The summed E-state index contributed by atoms with van der Waals surface area (Å²) < 4.78 is 11.2. The molecule has 3 nitrogen and oxygen atoms in total. The number of hydrogen-bond acceptors (Lipinski definition) is 3. The van der Waals surface area contributed by atoms with Gasteiger partial charge in [-0.05, 0) is 36.4 Å². The second-order valence-electron chi connectivity index (χ2n) is 5.00. The van der Waals surface area contributed by atoms with Gasteiger partial charge in [0, 0.05) is 13.2 Å². The summed E-state index contributed by atoms with van der Waals surface area (Å²) in [5, 5.41) is 0. The Morgan fingerprint density at radius 3 is 2.56 bits per heavy atom. The molecule has 2 N–H and O–H groups in total. The van der Waals surface area contributed by atoms with Gasteiger partial charge in [0.05, 0.1) is 12.7 Å². The Morgan fingerprint density at radius 1 is 1.28 bits per heavy atom. The average molecular weight is 249 g/mol. The normalized spacial score (nSPS) is 18.8. The van der Waals surface area contributed by atoms with E-state index in [-0.39, 0.29) is 0 Å². The molecule has 1 heterocycles. The lowest BCUT2D eigenvalue weighted by molar-refractivity contribution is -0.0390. The van der Waals surface area contributed by atoms with Crippen molar-refractivity contribution in [3.8, 4) is 0 Å². The molecule has 2 rings (SSSR count). The molecule has 0 bridgehead atoms. The van der Waals surface area contributed by atoms with Crippen LogP contribution in [0.3, 0.4) is 0 Å². The third-order valence-electron chi connectivity index (χ3n) is 3.56. The van der Waals surface area contributed by atoms with Gasteiger partial charge in [-0.25, -0.2) is 0 Å². The first-order valence-electron chi connectivity index (χ1n) is 6.78. The highest BCUT2D eigenvalue weighted by Gasteiger charge is 2.13. The van der Waals surface area contributed by atoms with Crippen molar-refractivity contribution in [2.24, 2.45) is 5.73 Å². The lowest BCUT2D eigenvalue weighted by atomic mass is 10.0. The summed E-state index contributed by atoms with van der Waals surface area (Å²) in [5.74, 6) is 0.426. The standard InChI is InChI=1S/C15H23NO2/c1-12(10-16)14-4-2-13(3-5-14)11-18-15-6-8-17-9-7-15/h2-5,12,15H,6-11,16H2,1H3. The van der Waals surface area contributed by atoms with Crippen molar-refractivity contribution in [1.82, 2.24) is 0 Å². The number of ether oxygens (including phenoxy) is 2. The van der Waals surface area contributed by atoms with Gasteiger partial charge in [-0.2, -0.15) is 0 Å². The minimum atomic E-state index is 0.362. The Bertz CT molecular complexity index is 344. The molecule has 0 saturated carbocycles. The van der Waals surface area contributed by atoms with Crippen molar-refractivity contribution < 1.29 is 9.47 Å². The van der Waals surface area contributed by atoms with E-state index >= 15 is 0 Å². The molecule has 3 heteroatoms. The molecule has 1 atom stereocenters. The quantitative estimate of drug-likeness (QED) is 0.871. The van der Waals surface area contributed by atoms with Crippen molar-refractivity contribution in [3.63, 3.8) is 0 Å². The van der Waals surface area contributed by atoms with Crippen molar-refractivity contribution in [2.75, 3.05) is 19.8 Å². The summed E-state index contributed by atoms with van der Waals surface area (Å²) in [4.78, 5) is 0. The zero-order valence-electron chi connectivity index (χ0n) is 11.1. The van der Waals surface area contributed by atoms with Crippen LogP contribution >= 0.6 is 0 Å². The number of benzene rings is 1. The Morgan fingerprint density at radius 2 is 1.94 bits per heavy atom. The zero-order valence-corrected chi connectivity index (χ0v) is 11.1. The molecule has 0 aromatic heterocycles. The first-order valence-corrected chi connectivity index (χ1v) is 6.78. The maximum absolute atomic E-state index is 5.89. The molecular formula is C15H23NO2. The summed E-state index contributed by atoms with van der Waals surface area (Å²) in [6, 6.07) is 8.59. The second kappa shape index (κ2) is 6.88. The molecular weight excluding hydrogens is 226 g/mol. The predicted molar refractivity (Wildman–Crippen MR) is 72.5 cm³/mol. The third kappa shape index (κ3) is 3.80. The van der Waals surface area contributed by atoms with Crippen LogP contribution in [0.4, 0.5) is 0 Å². The number of nitrogens with two attached hydrogens (primary N) is 1. The van der Waals surface area contributed by atoms with Gasteiger partial charge < -0.3 is 15.2 Å². The summed E-state index contributed by atoms with van der Waals surface area (Å²) in [6.45, 7) is 5.20. The smallest absolute Gasteiger partial charge is 0.0720 e. The van der Waals surface area contributed by atoms with E-state index in [9.17, 15) is 0 Å². The summed E-state index contributed by atoms with van der Waals surface area (Å²) in [6.07, 6.45) is 2.39. The molecule has 0 aliphatic carbocycles. The van der Waals surface area contributed by atoms with Gasteiger partial charge in [0.2, 0.25) is 0 Å². The molecule has 18 heavy (non-hydrogen) atoms. The lowest BCUT2D eigenvalue weighted by Crippen LogP contribution is -2.23. The van der Waals surface area contributed by atoms with E-state index in [2.05, 4.69) is 31.2 Å². The molecule has 0 spiro atoms. The summed E-state index contributed by atoms with van der Waals surface area (Å²) in [7, 11) is 0. The molecule has 1 fully saturated rings. The molecule has 1 saturated heterocycles. The Labute approximate surface area is 109 Å². The maximum Gasteiger partial charge on any atom is 0.0720 e. The molecule has 1 aromatic rings. The Balaban J connectivity index is 1.82. The van der Waals surface area contributed by atoms with E-state index in [1.807, 2.05) is 0 Å². The fourth-order valence-electron chi connectivity index (χ4n) is 2.14. The minimum absolute atomic E-state index is 0.362. The van der Waals surface area contributed by atoms with Crippen molar-refractivity contribution in [2.45, 2.75) is 38.4 Å². The molecule has 0 amide bonds. The molecule has 0 radical (unpaired) electrons. The molecule has 1 aromatic carbocycles. The van der Waals surface area contributed by atoms with Gasteiger partial charge in [-0.3, -0.25) is 0 Å². The average Bonchev–Trinajstić information content (AvgIpc) is 2.46. The maximum atomic E-state index is 5.89. The SMILES string of the molecule is CC(CN)c1ccc(COC2CCOCC2)cc1. The van der Waals surface area contributed by atoms with Crippen LogP contribution in [-0.4, -0.2) is 25.9 Å². The van der Waals surface area contributed by atoms with Crippen LogP contribution in [0.2, 0.25) is 0 Å². The fourth-order valence-corrected chi connectivity index (χ4v) is 2.14. The summed E-state index contributed by atoms with van der Waals surface area (Å²) in [5.41, 5.74) is 8.19. The first-order chi connectivity index (χ1) is 8.79. The van der Waals surface area contributed by atoms with E-state index < -0.39 is 0 Å². The zero-order chi connectivity index (χ0) is 12.8. The summed E-state index contributed by atoms with van der Waals surface area (Å²) >= 11 is 0. The molecule has 1 unspecified atom stereocenters. The highest BCUT2D eigenvalue weighted by atomic mass is 16.5. The first kappa shape index (κ1) is 13.5. The number of rotatable bonds is 5. The molecule has 100 valence electrons. The van der Waals surface area contributed by atoms with E-state index in [0.29, 0.717) is 25.2 Å². The topological polar surface area (TPSA) is 44.5 Å². The highest BCUT2D eigenvalue weighted by Crippen LogP contribution is 2.17. The molecule has 1 aliphatic heterocycles. The van der Waals surface area contributed by atoms with Gasteiger partial charge in [0.25, 0.3) is 0 Å². The van der Waals surface area contributed by atoms with E-state index in [0.717, 1.165) is 26.1 Å². The van der Waals surface area contributed by atoms with Gasteiger partial charge >= 0.3 is 0 Å². The fraction of sp³-hybridized carbons (Fsp3) is 0.600. The lowest BCUT2D eigenvalue weighted by Gasteiger charge is -2.22. The van der Waals surface area contributed by atoms with Crippen molar-refractivity contribution in [3.05, 3.63) is 35.4 Å². The van der Waals surface area contributed by atoms with Gasteiger partial charge in [0.1, 0.15) is 0 Å². The second-order valence-corrected chi connectivity index (χ2v) is 5.00. The highest BCUT2D eigenvalue weighted by molar-refractivity contribution is 5.24. The van der Waals surface area contributed by atoms with Gasteiger partial charge in [-0.1, -0.05) is 31.2 Å². The largest absolute Gasteiger partial charge is 0.381 e. The van der Waals surface area contributed by atoms with E-state index in [4.69, 9.17) is 15.2 Å². The third-order valence-corrected chi connectivity index (χ3v) is 3.56. The van der Waals surface area contributed by atoms with E-state index in [1.165, 1.54) is 11.1 Å². The van der Waals surface area contributed by atoms with E-state index in [1.54, 1.807) is 0 Å². The van der Waals surface area contributed by atoms with Crippen LogP contribution in [0, 0.1) is 0 Å². The van der Waals surface area contributed by atoms with Crippen LogP contribution in [0.1, 0.15) is 36.8 Å².